The van der Waals surface area contributed by atoms with E-state index in [0.717, 1.165) is 24.0 Å². The third kappa shape index (κ3) is 5.89. The van der Waals surface area contributed by atoms with Crippen LogP contribution in [-0.4, -0.2) is 28.2 Å². The lowest BCUT2D eigenvalue weighted by Crippen LogP contribution is -2.40. The molecule has 33 heavy (non-hydrogen) atoms. The highest BCUT2D eigenvalue weighted by Crippen LogP contribution is 2.38. The second-order valence-electron chi connectivity index (χ2n) is 9.87. The van der Waals surface area contributed by atoms with Crippen LogP contribution in [0.3, 0.4) is 0 Å². The van der Waals surface area contributed by atoms with Gasteiger partial charge in [0.2, 0.25) is 12.9 Å². The number of carbonyl (C=O) groups excluding carboxylic acids is 1. The zero-order chi connectivity index (χ0) is 24.2. The smallest absolute Gasteiger partial charge is 0.351 e. The number of aryl methyl sites for hydroxylation is 1. The topological polar surface area (TPSA) is 63.2 Å². The maximum Gasteiger partial charge on any atom is 0.351 e. The van der Waals surface area contributed by atoms with Gasteiger partial charge in [0.25, 0.3) is 0 Å². The minimum Gasteiger partial charge on any atom is -0.474 e. The molecule has 180 valence electrons. The second kappa shape index (κ2) is 10.2. The summed E-state index contributed by atoms with van der Waals surface area (Å²) in [6, 6.07) is 11.4. The van der Waals surface area contributed by atoms with Gasteiger partial charge in [-0.1, -0.05) is 46.2 Å². The quantitative estimate of drug-likeness (QED) is 0.321. The normalized spacial score (nSPS) is 14.2. The van der Waals surface area contributed by atoms with Crippen molar-refractivity contribution in [3.8, 4) is 17.2 Å². The minimum absolute atomic E-state index is 0.153. The molecule has 0 aromatic heterocycles. The first-order chi connectivity index (χ1) is 15.6. The number of fused-ring (bicyclic) bond motifs is 1. The highest BCUT2D eigenvalue weighted by Gasteiger charge is 2.37. The van der Waals surface area contributed by atoms with E-state index < -0.39 is 20.4 Å². The summed E-state index contributed by atoms with van der Waals surface area (Å²) in [6.07, 6.45) is 0.878. The molecule has 0 amide bonds. The Labute approximate surface area is 198 Å². The van der Waals surface area contributed by atoms with Gasteiger partial charge in [0, 0.05) is 5.56 Å². The van der Waals surface area contributed by atoms with Crippen LogP contribution in [0.1, 0.15) is 56.9 Å². The van der Waals surface area contributed by atoms with Gasteiger partial charge in [-0.3, -0.25) is 0 Å². The molecular weight excluding hydrogens is 436 g/mol. The summed E-state index contributed by atoms with van der Waals surface area (Å²) in [5.74, 6) is 1.44. The fraction of sp³-hybridized carbons (Fsp3) is 0.500. The monoisotopic (exact) mass is 472 g/mol. The van der Waals surface area contributed by atoms with Gasteiger partial charge in [-0.05, 0) is 59.9 Å². The van der Waals surface area contributed by atoms with E-state index in [4.69, 9.17) is 23.4 Å². The lowest BCUT2D eigenvalue weighted by atomic mass is 10.0. The molecule has 0 bridgehead atoms. The lowest BCUT2D eigenvalue weighted by molar-refractivity contribution is -0.149. The van der Waals surface area contributed by atoms with Gasteiger partial charge in [-0.15, -0.1) is 0 Å². The SMILES string of the molecule is CCCc1cc(CO[Si](C)(C)C(C)(C)C)ccc1OC(C(=O)OC)c1ccc2c(c1)OCO2. The Bertz CT molecular complexity index is 979. The Morgan fingerprint density at radius 2 is 1.82 bits per heavy atom. The number of esters is 1. The van der Waals surface area contributed by atoms with Gasteiger partial charge in [-0.25, -0.2) is 4.79 Å². The van der Waals surface area contributed by atoms with Gasteiger partial charge >= 0.3 is 5.97 Å². The molecule has 1 aliphatic rings. The molecule has 2 aromatic carbocycles. The van der Waals surface area contributed by atoms with Crippen LogP contribution in [-0.2, 0) is 27.0 Å². The molecule has 1 unspecified atom stereocenters. The molecule has 2 aromatic rings. The Morgan fingerprint density at radius 1 is 1.09 bits per heavy atom. The van der Waals surface area contributed by atoms with Crippen LogP contribution in [0.25, 0.3) is 0 Å². The van der Waals surface area contributed by atoms with E-state index in [-0.39, 0.29) is 11.8 Å². The van der Waals surface area contributed by atoms with Gasteiger partial charge in [0.15, 0.2) is 19.8 Å². The summed E-state index contributed by atoms with van der Waals surface area (Å²) < 4.78 is 28.5. The Balaban J connectivity index is 1.84. The van der Waals surface area contributed by atoms with Crippen molar-refractivity contribution in [1.82, 2.24) is 0 Å². The summed E-state index contributed by atoms with van der Waals surface area (Å²) in [7, 11) is -0.489. The van der Waals surface area contributed by atoms with Crippen LogP contribution in [0.5, 0.6) is 17.2 Å². The molecule has 1 heterocycles. The largest absolute Gasteiger partial charge is 0.474 e. The van der Waals surface area contributed by atoms with Crippen molar-refractivity contribution in [3.63, 3.8) is 0 Å². The van der Waals surface area contributed by atoms with Crippen LogP contribution in [0.2, 0.25) is 18.1 Å². The Morgan fingerprint density at radius 3 is 2.48 bits per heavy atom. The van der Waals surface area contributed by atoms with Crippen molar-refractivity contribution < 1.29 is 28.2 Å². The Hall–Kier alpha value is -2.51. The van der Waals surface area contributed by atoms with Crippen LogP contribution in [0.15, 0.2) is 36.4 Å². The molecular formula is C26H36O6Si. The number of hydrogen-bond acceptors (Lipinski definition) is 6. The average molecular weight is 473 g/mol. The van der Waals surface area contributed by atoms with Crippen molar-refractivity contribution in [2.45, 2.75) is 71.4 Å². The lowest BCUT2D eigenvalue weighted by Gasteiger charge is -2.36. The van der Waals surface area contributed by atoms with E-state index in [0.29, 0.717) is 29.4 Å². The highest BCUT2D eigenvalue weighted by atomic mass is 28.4. The number of ether oxygens (including phenoxy) is 4. The summed E-state index contributed by atoms with van der Waals surface area (Å²) in [5, 5.41) is 0.153. The average Bonchev–Trinajstić information content (AvgIpc) is 3.24. The molecule has 0 spiro atoms. The van der Waals surface area contributed by atoms with Crippen molar-refractivity contribution in [2.24, 2.45) is 0 Å². The van der Waals surface area contributed by atoms with E-state index in [2.05, 4.69) is 46.9 Å². The van der Waals surface area contributed by atoms with E-state index in [9.17, 15) is 4.79 Å². The van der Waals surface area contributed by atoms with E-state index in [1.54, 1.807) is 18.2 Å². The summed E-state index contributed by atoms with van der Waals surface area (Å²) in [4.78, 5) is 12.6. The number of rotatable bonds is 9. The molecule has 0 radical (unpaired) electrons. The number of methoxy groups -OCH3 is 1. The summed E-state index contributed by atoms with van der Waals surface area (Å²) >= 11 is 0. The fourth-order valence-electron chi connectivity index (χ4n) is 3.34. The predicted molar refractivity (Wildman–Crippen MR) is 130 cm³/mol. The first-order valence-electron chi connectivity index (χ1n) is 11.5. The second-order valence-corrected chi connectivity index (χ2v) is 14.7. The van der Waals surface area contributed by atoms with Crippen LogP contribution < -0.4 is 14.2 Å². The molecule has 0 aliphatic carbocycles. The summed E-state index contributed by atoms with van der Waals surface area (Å²) in [5.41, 5.74) is 2.80. The Kier molecular flexibility index (Phi) is 7.75. The molecule has 3 rings (SSSR count). The van der Waals surface area contributed by atoms with Crippen LogP contribution in [0.4, 0.5) is 0 Å². The maximum absolute atomic E-state index is 12.6. The number of carbonyl (C=O) groups is 1. The molecule has 0 fully saturated rings. The molecule has 0 saturated carbocycles. The zero-order valence-electron chi connectivity index (χ0n) is 20.8. The van der Waals surface area contributed by atoms with Gasteiger partial charge in [-0.2, -0.15) is 0 Å². The molecule has 0 N–H and O–H groups in total. The van der Waals surface area contributed by atoms with Crippen molar-refractivity contribution in [3.05, 3.63) is 53.1 Å². The predicted octanol–water partition coefficient (Wildman–Crippen LogP) is 6.18. The maximum atomic E-state index is 12.6. The molecule has 1 aliphatic heterocycles. The van der Waals surface area contributed by atoms with Crippen molar-refractivity contribution in [1.29, 1.82) is 0 Å². The first kappa shape index (κ1) is 25.1. The van der Waals surface area contributed by atoms with Gasteiger partial charge in [0.1, 0.15) is 5.75 Å². The minimum atomic E-state index is -1.85. The van der Waals surface area contributed by atoms with E-state index in [1.807, 2.05) is 12.1 Å². The van der Waals surface area contributed by atoms with Crippen molar-refractivity contribution in [2.75, 3.05) is 13.9 Å². The summed E-state index contributed by atoms with van der Waals surface area (Å²) in [6.45, 7) is 14.1. The molecule has 0 saturated heterocycles. The standard InChI is InChI=1S/C26H36O6Si/c1-8-9-19-14-18(16-31-33(6,7)26(2,3)4)10-12-21(19)32-24(25(27)28-5)20-11-13-22-23(15-20)30-17-29-22/h10-15,24H,8-9,16-17H2,1-7H3. The van der Waals surface area contributed by atoms with E-state index >= 15 is 0 Å². The fourth-order valence-corrected chi connectivity index (χ4v) is 4.31. The number of benzene rings is 2. The third-order valence-electron chi connectivity index (χ3n) is 6.41. The first-order valence-corrected chi connectivity index (χ1v) is 14.4. The third-order valence-corrected chi connectivity index (χ3v) is 10.9. The van der Waals surface area contributed by atoms with Gasteiger partial charge in [0.05, 0.1) is 13.7 Å². The van der Waals surface area contributed by atoms with Crippen LogP contribution in [0, 0.1) is 0 Å². The zero-order valence-corrected chi connectivity index (χ0v) is 21.8. The molecule has 6 nitrogen and oxygen atoms in total. The van der Waals surface area contributed by atoms with Gasteiger partial charge < -0.3 is 23.4 Å². The van der Waals surface area contributed by atoms with Crippen LogP contribution >= 0.6 is 0 Å². The number of hydrogen-bond donors (Lipinski definition) is 0. The molecule has 1 atom stereocenters. The van der Waals surface area contributed by atoms with E-state index in [1.165, 1.54) is 7.11 Å². The molecule has 7 heteroatoms. The highest BCUT2D eigenvalue weighted by molar-refractivity contribution is 6.74. The van der Waals surface area contributed by atoms with Crippen molar-refractivity contribution >= 4 is 14.3 Å².